The fourth-order valence-corrected chi connectivity index (χ4v) is 2.73. The molecule has 0 unspecified atom stereocenters. The molecule has 1 saturated heterocycles. The second-order valence-corrected chi connectivity index (χ2v) is 6.16. The molecule has 1 fully saturated rings. The molecule has 2 aromatic rings. The van der Waals surface area contributed by atoms with Gasteiger partial charge in [0.2, 0.25) is 5.95 Å². The zero-order valence-electron chi connectivity index (χ0n) is 15.2. The average molecular weight is 366 g/mol. The van der Waals surface area contributed by atoms with E-state index in [-0.39, 0.29) is 5.91 Å². The Morgan fingerprint density at radius 2 is 1.96 bits per heavy atom. The molecule has 140 valence electrons. The largest absolute Gasteiger partial charge is 0.378 e. The predicted octanol–water partition coefficient (Wildman–Crippen LogP) is 1.34. The van der Waals surface area contributed by atoms with Crippen molar-refractivity contribution in [1.82, 2.24) is 15.3 Å². The van der Waals surface area contributed by atoms with E-state index in [0.717, 1.165) is 24.6 Å². The monoisotopic (exact) mass is 366 g/mol. The van der Waals surface area contributed by atoms with Crippen molar-refractivity contribution in [3.8, 4) is 6.07 Å². The molecule has 1 aliphatic heterocycles. The number of aryl methyl sites for hydroxylation is 1. The molecule has 0 atom stereocenters. The molecule has 0 bridgehead atoms. The summed E-state index contributed by atoms with van der Waals surface area (Å²) in [6.45, 7) is 5.91. The van der Waals surface area contributed by atoms with Crippen LogP contribution in [0.1, 0.15) is 21.6 Å². The van der Waals surface area contributed by atoms with Crippen LogP contribution < -0.4 is 15.5 Å². The van der Waals surface area contributed by atoms with E-state index in [1.165, 1.54) is 0 Å². The molecule has 3 rings (SSSR count). The van der Waals surface area contributed by atoms with Gasteiger partial charge in [0.1, 0.15) is 5.82 Å². The second kappa shape index (κ2) is 8.96. The molecule has 1 aliphatic rings. The lowest BCUT2D eigenvalue weighted by molar-refractivity contribution is 0.0955. The number of amides is 1. The number of hydrogen-bond acceptors (Lipinski definition) is 7. The van der Waals surface area contributed by atoms with Gasteiger partial charge in [-0.25, -0.2) is 4.98 Å². The Bertz CT molecular complexity index is 825. The van der Waals surface area contributed by atoms with Gasteiger partial charge in [-0.3, -0.25) is 4.79 Å². The maximum absolute atomic E-state index is 12.1. The molecule has 0 saturated carbocycles. The summed E-state index contributed by atoms with van der Waals surface area (Å²) in [6.07, 6.45) is 0. The fraction of sp³-hybridized carbons (Fsp3) is 0.368. The van der Waals surface area contributed by atoms with Crippen molar-refractivity contribution in [2.24, 2.45) is 0 Å². The van der Waals surface area contributed by atoms with Crippen LogP contribution in [0.4, 0.5) is 11.8 Å². The highest BCUT2D eigenvalue weighted by molar-refractivity contribution is 5.94. The first kappa shape index (κ1) is 18.6. The van der Waals surface area contributed by atoms with E-state index in [4.69, 9.17) is 10.00 Å². The summed E-state index contributed by atoms with van der Waals surface area (Å²) in [5.41, 5.74) is 1.94. The zero-order valence-corrected chi connectivity index (χ0v) is 15.2. The van der Waals surface area contributed by atoms with Gasteiger partial charge in [-0.15, -0.1) is 0 Å². The zero-order chi connectivity index (χ0) is 19.1. The summed E-state index contributed by atoms with van der Waals surface area (Å²) in [5, 5.41) is 14.8. The topological polar surface area (TPSA) is 103 Å². The summed E-state index contributed by atoms with van der Waals surface area (Å²) >= 11 is 0. The summed E-state index contributed by atoms with van der Waals surface area (Å²) in [5.74, 6) is 1.25. The first-order valence-corrected chi connectivity index (χ1v) is 8.86. The molecule has 0 radical (unpaired) electrons. The number of hydrogen-bond donors (Lipinski definition) is 2. The molecule has 1 amide bonds. The predicted molar refractivity (Wildman–Crippen MR) is 102 cm³/mol. The van der Waals surface area contributed by atoms with Gasteiger partial charge in [-0.05, 0) is 31.2 Å². The molecular weight excluding hydrogens is 344 g/mol. The van der Waals surface area contributed by atoms with Gasteiger partial charge in [0.25, 0.3) is 5.91 Å². The van der Waals surface area contributed by atoms with E-state index >= 15 is 0 Å². The summed E-state index contributed by atoms with van der Waals surface area (Å²) < 4.78 is 5.38. The van der Waals surface area contributed by atoms with Crippen LogP contribution in [0.3, 0.4) is 0 Å². The molecule has 0 spiro atoms. The van der Waals surface area contributed by atoms with Crippen molar-refractivity contribution >= 4 is 17.7 Å². The van der Waals surface area contributed by atoms with Gasteiger partial charge in [-0.2, -0.15) is 10.2 Å². The number of aromatic nitrogens is 2. The molecule has 2 N–H and O–H groups in total. The van der Waals surface area contributed by atoms with Crippen LogP contribution in [0, 0.1) is 18.3 Å². The number of carbonyl (C=O) groups is 1. The van der Waals surface area contributed by atoms with Gasteiger partial charge in [0.15, 0.2) is 0 Å². The van der Waals surface area contributed by atoms with Crippen LogP contribution in [0.25, 0.3) is 0 Å². The van der Waals surface area contributed by atoms with Crippen molar-refractivity contribution in [3.63, 3.8) is 0 Å². The molecule has 8 heteroatoms. The van der Waals surface area contributed by atoms with Crippen LogP contribution >= 0.6 is 0 Å². The number of nitrogens with zero attached hydrogens (tertiary/aromatic N) is 4. The van der Waals surface area contributed by atoms with Crippen LogP contribution in [0.15, 0.2) is 30.3 Å². The van der Waals surface area contributed by atoms with E-state index in [1.807, 2.05) is 19.1 Å². The Hall–Kier alpha value is -3.18. The normalized spacial score (nSPS) is 13.7. The van der Waals surface area contributed by atoms with Crippen molar-refractivity contribution in [3.05, 3.63) is 47.2 Å². The lowest BCUT2D eigenvalue weighted by Crippen LogP contribution is -2.37. The molecule has 27 heavy (non-hydrogen) atoms. The van der Waals surface area contributed by atoms with Gasteiger partial charge < -0.3 is 20.3 Å². The lowest BCUT2D eigenvalue weighted by atomic mass is 10.1. The number of rotatable bonds is 6. The highest BCUT2D eigenvalue weighted by Crippen LogP contribution is 2.16. The van der Waals surface area contributed by atoms with Crippen molar-refractivity contribution < 1.29 is 9.53 Å². The van der Waals surface area contributed by atoms with Crippen LogP contribution in [-0.4, -0.2) is 55.3 Å². The van der Waals surface area contributed by atoms with Crippen LogP contribution in [0.5, 0.6) is 0 Å². The minimum Gasteiger partial charge on any atom is -0.378 e. The van der Waals surface area contributed by atoms with E-state index < -0.39 is 0 Å². The average Bonchev–Trinajstić information content (AvgIpc) is 2.71. The van der Waals surface area contributed by atoms with Crippen molar-refractivity contribution in [2.45, 2.75) is 6.92 Å². The van der Waals surface area contributed by atoms with E-state index in [9.17, 15) is 4.79 Å². The smallest absolute Gasteiger partial charge is 0.251 e. The minimum atomic E-state index is -0.180. The quantitative estimate of drug-likeness (QED) is 0.744. The molecular formula is C19H22N6O2. The third-order valence-electron chi connectivity index (χ3n) is 4.15. The maximum atomic E-state index is 12.1. The minimum absolute atomic E-state index is 0.180. The maximum Gasteiger partial charge on any atom is 0.251 e. The first-order chi connectivity index (χ1) is 13.2. The van der Waals surface area contributed by atoms with Gasteiger partial charge in [0.05, 0.1) is 24.8 Å². The first-order valence-electron chi connectivity index (χ1n) is 8.86. The van der Waals surface area contributed by atoms with Gasteiger partial charge in [-0.1, -0.05) is 0 Å². The van der Waals surface area contributed by atoms with Gasteiger partial charge in [0, 0.05) is 43.5 Å². The summed E-state index contributed by atoms with van der Waals surface area (Å²) in [6, 6.07) is 10.5. The van der Waals surface area contributed by atoms with E-state index in [0.29, 0.717) is 43.4 Å². The molecule has 1 aromatic heterocycles. The van der Waals surface area contributed by atoms with Crippen LogP contribution in [-0.2, 0) is 4.74 Å². The standard InChI is InChI=1S/C19H22N6O2/c1-14-12-17(25-8-10-27-11-9-25)24-19(23-14)22-7-6-21-18(26)16-4-2-15(13-20)3-5-16/h2-5,12H,6-11H2,1H3,(H,21,26)(H,22,23,24). The number of benzene rings is 1. The van der Waals surface area contributed by atoms with E-state index in [1.54, 1.807) is 24.3 Å². The SMILES string of the molecule is Cc1cc(N2CCOCC2)nc(NCCNC(=O)c2ccc(C#N)cc2)n1. The Morgan fingerprint density at radius 3 is 2.67 bits per heavy atom. The fourth-order valence-electron chi connectivity index (χ4n) is 2.73. The molecule has 8 nitrogen and oxygen atoms in total. The second-order valence-electron chi connectivity index (χ2n) is 6.16. The Labute approximate surface area is 158 Å². The lowest BCUT2D eigenvalue weighted by Gasteiger charge is -2.28. The van der Waals surface area contributed by atoms with Crippen molar-refractivity contribution in [2.75, 3.05) is 49.6 Å². The number of nitriles is 1. The summed E-state index contributed by atoms with van der Waals surface area (Å²) in [7, 11) is 0. The highest BCUT2D eigenvalue weighted by atomic mass is 16.5. The van der Waals surface area contributed by atoms with Gasteiger partial charge >= 0.3 is 0 Å². The van der Waals surface area contributed by atoms with Crippen LogP contribution in [0.2, 0.25) is 0 Å². The van der Waals surface area contributed by atoms with E-state index in [2.05, 4.69) is 25.5 Å². The Balaban J connectivity index is 1.50. The third-order valence-corrected chi connectivity index (χ3v) is 4.15. The number of anilines is 2. The number of ether oxygens (including phenoxy) is 1. The Kier molecular flexibility index (Phi) is 6.18. The number of morpholine rings is 1. The third kappa shape index (κ3) is 5.15. The van der Waals surface area contributed by atoms with Crippen molar-refractivity contribution in [1.29, 1.82) is 5.26 Å². The number of carbonyl (C=O) groups excluding carboxylic acids is 1. The molecule has 2 heterocycles. The summed E-state index contributed by atoms with van der Waals surface area (Å²) in [4.78, 5) is 23.2. The Morgan fingerprint density at radius 1 is 1.22 bits per heavy atom. The molecule has 1 aromatic carbocycles. The highest BCUT2D eigenvalue weighted by Gasteiger charge is 2.14. The number of nitrogens with one attached hydrogen (secondary N) is 2. The molecule has 0 aliphatic carbocycles.